The predicted octanol–water partition coefficient (Wildman–Crippen LogP) is -0.340. The normalized spacial score (nSPS) is 22.2. The second-order valence-corrected chi connectivity index (χ2v) is 4.58. The minimum absolute atomic E-state index is 0.0373. The van der Waals surface area contributed by atoms with Gasteiger partial charge in [0, 0.05) is 0 Å². The summed E-state index contributed by atoms with van der Waals surface area (Å²) in [6, 6.07) is -1.68. The number of carbonyl (C=O) groups excluding carboxylic acids is 3. The number of ether oxygens (including phenoxy) is 1. The third-order valence-corrected chi connectivity index (χ3v) is 2.70. The number of methoxy groups -OCH3 is 1. The first-order valence-electron chi connectivity index (χ1n) is 5.57. The monoisotopic (exact) mass is 242 g/mol. The maximum Gasteiger partial charge on any atom is 0.329 e. The Morgan fingerprint density at radius 1 is 1.53 bits per heavy atom. The van der Waals surface area contributed by atoms with Crippen molar-refractivity contribution in [1.29, 1.82) is 0 Å². The first-order chi connectivity index (χ1) is 7.88. The third kappa shape index (κ3) is 2.82. The van der Waals surface area contributed by atoms with Gasteiger partial charge in [-0.25, -0.2) is 4.79 Å². The van der Waals surface area contributed by atoms with Crippen molar-refractivity contribution in [2.75, 3.05) is 7.11 Å². The minimum Gasteiger partial charge on any atom is -0.467 e. The molecule has 1 rings (SSSR count). The van der Waals surface area contributed by atoms with Crippen LogP contribution in [-0.2, 0) is 19.1 Å². The average Bonchev–Trinajstić information content (AvgIpc) is 2.49. The van der Waals surface area contributed by atoms with E-state index in [0.717, 1.165) is 4.90 Å². The minimum atomic E-state index is -0.853. The second kappa shape index (κ2) is 5.27. The van der Waals surface area contributed by atoms with Crippen molar-refractivity contribution in [1.82, 2.24) is 4.90 Å². The van der Waals surface area contributed by atoms with Crippen molar-refractivity contribution in [2.45, 2.75) is 38.8 Å². The summed E-state index contributed by atoms with van der Waals surface area (Å²) in [4.78, 5) is 36.0. The number of imide groups is 1. The Morgan fingerprint density at radius 2 is 2.12 bits per heavy atom. The summed E-state index contributed by atoms with van der Waals surface area (Å²) < 4.78 is 4.63. The van der Waals surface area contributed by atoms with Crippen LogP contribution in [0.5, 0.6) is 0 Å². The molecule has 6 nitrogen and oxygen atoms in total. The zero-order chi connectivity index (χ0) is 13.2. The fourth-order valence-corrected chi connectivity index (χ4v) is 1.89. The number of hydrogen-bond acceptors (Lipinski definition) is 5. The molecule has 2 amide bonds. The van der Waals surface area contributed by atoms with Gasteiger partial charge in [0.2, 0.25) is 11.8 Å². The molecule has 1 saturated heterocycles. The quantitative estimate of drug-likeness (QED) is 0.538. The molecule has 6 heteroatoms. The van der Waals surface area contributed by atoms with Gasteiger partial charge in [0.15, 0.2) is 0 Å². The highest BCUT2D eigenvalue weighted by Gasteiger charge is 2.43. The van der Waals surface area contributed by atoms with E-state index in [4.69, 9.17) is 5.73 Å². The molecule has 2 atom stereocenters. The Labute approximate surface area is 100 Å². The number of amides is 2. The van der Waals surface area contributed by atoms with E-state index in [0.29, 0.717) is 6.42 Å². The summed E-state index contributed by atoms with van der Waals surface area (Å²) >= 11 is 0. The highest BCUT2D eigenvalue weighted by molar-refractivity contribution is 6.08. The number of esters is 1. The van der Waals surface area contributed by atoms with Crippen LogP contribution in [0.3, 0.4) is 0 Å². The molecule has 0 radical (unpaired) electrons. The SMILES string of the molecule is COC(=O)[C@H](CC(C)C)N1C(=O)C[C@@H](N)C1=O. The van der Waals surface area contributed by atoms with Gasteiger partial charge < -0.3 is 10.5 Å². The molecule has 0 saturated carbocycles. The summed E-state index contributed by atoms with van der Waals surface area (Å²) in [5.74, 6) is -1.31. The molecule has 96 valence electrons. The summed E-state index contributed by atoms with van der Waals surface area (Å²) in [5.41, 5.74) is 5.51. The Hall–Kier alpha value is -1.43. The maximum absolute atomic E-state index is 11.7. The highest BCUT2D eigenvalue weighted by Crippen LogP contribution is 2.20. The molecule has 1 fully saturated rings. The van der Waals surface area contributed by atoms with Gasteiger partial charge in [0.1, 0.15) is 6.04 Å². The van der Waals surface area contributed by atoms with Crippen LogP contribution < -0.4 is 5.73 Å². The molecule has 0 aromatic rings. The molecule has 1 aliphatic rings. The topological polar surface area (TPSA) is 89.7 Å². The van der Waals surface area contributed by atoms with E-state index < -0.39 is 29.9 Å². The van der Waals surface area contributed by atoms with Crippen LogP contribution in [0.1, 0.15) is 26.7 Å². The average molecular weight is 242 g/mol. The molecular formula is C11H18N2O4. The largest absolute Gasteiger partial charge is 0.467 e. The predicted molar refractivity (Wildman–Crippen MR) is 59.7 cm³/mol. The van der Waals surface area contributed by atoms with Gasteiger partial charge in [-0.3, -0.25) is 14.5 Å². The Kier molecular flexibility index (Phi) is 4.22. The van der Waals surface area contributed by atoms with Gasteiger partial charge in [-0.1, -0.05) is 13.8 Å². The smallest absolute Gasteiger partial charge is 0.329 e. The molecule has 0 bridgehead atoms. The van der Waals surface area contributed by atoms with Crippen LogP contribution in [0.4, 0.5) is 0 Å². The van der Waals surface area contributed by atoms with E-state index in [-0.39, 0.29) is 12.3 Å². The van der Waals surface area contributed by atoms with Gasteiger partial charge in [-0.05, 0) is 12.3 Å². The molecule has 0 aliphatic carbocycles. The van der Waals surface area contributed by atoms with Crippen molar-refractivity contribution in [3.05, 3.63) is 0 Å². The lowest BCUT2D eigenvalue weighted by Crippen LogP contribution is -2.47. The van der Waals surface area contributed by atoms with Crippen LogP contribution in [0.15, 0.2) is 0 Å². The molecule has 17 heavy (non-hydrogen) atoms. The summed E-state index contributed by atoms with van der Waals surface area (Å²) in [7, 11) is 1.24. The van der Waals surface area contributed by atoms with Crippen LogP contribution in [0, 0.1) is 5.92 Å². The summed E-state index contributed by atoms with van der Waals surface area (Å²) in [5, 5.41) is 0. The maximum atomic E-state index is 11.7. The number of nitrogens with two attached hydrogens (primary N) is 1. The first-order valence-corrected chi connectivity index (χ1v) is 5.57. The summed E-state index contributed by atoms with van der Waals surface area (Å²) in [6.45, 7) is 3.81. The van der Waals surface area contributed by atoms with Crippen molar-refractivity contribution in [3.63, 3.8) is 0 Å². The highest BCUT2D eigenvalue weighted by atomic mass is 16.5. The van der Waals surface area contributed by atoms with E-state index in [1.54, 1.807) is 0 Å². The van der Waals surface area contributed by atoms with Crippen LogP contribution in [0.2, 0.25) is 0 Å². The molecular weight excluding hydrogens is 224 g/mol. The zero-order valence-electron chi connectivity index (χ0n) is 10.3. The lowest BCUT2D eigenvalue weighted by Gasteiger charge is -2.25. The Bertz CT molecular complexity index is 340. The standard InChI is InChI=1S/C11H18N2O4/c1-6(2)4-8(11(16)17-3)13-9(14)5-7(12)10(13)15/h6-8H,4-5,12H2,1-3H3/t7-,8+/m1/s1. The summed E-state index contributed by atoms with van der Waals surface area (Å²) in [6.07, 6.45) is 0.349. The van der Waals surface area contributed by atoms with Gasteiger partial charge in [0.05, 0.1) is 19.6 Å². The second-order valence-electron chi connectivity index (χ2n) is 4.58. The lowest BCUT2D eigenvalue weighted by atomic mass is 10.0. The number of rotatable bonds is 4. The van der Waals surface area contributed by atoms with E-state index in [2.05, 4.69) is 4.74 Å². The molecule has 0 spiro atoms. The van der Waals surface area contributed by atoms with Gasteiger partial charge in [-0.2, -0.15) is 0 Å². The number of nitrogens with zero attached hydrogens (tertiary/aromatic N) is 1. The van der Waals surface area contributed by atoms with Gasteiger partial charge >= 0.3 is 5.97 Å². The molecule has 0 aromatic heterocycles. The van der Waals surface area contributed by atoms with Crippen LogP contribution in [-0.4, -0.2) is 41.9 Å². The lowest BCUT2D eigenvalue weighted by molar-refractivity contribution is -0.157. The molecule has 1 heterocycles. The van der Waals surface area contributed by atoms with E-state index in [1.165, 1.54) is 7.11 Å². The third-order valence-electron chi connectivity index (χ3n) is 2.70. The van der Waals surface area contributed by atoms with E-state index in [9.17, 15) is 14.4 Å². The molecule has 2 N–H and O–H groups in total. The van der Waals surface area contributed by atoms with Crippen molar-refractivity contribution in [2.24, 2.45) is 11.7 Å². The van der Waals surface area contributed by atoms with Crippen LogP contribution in [0.25, 0.3) is 0 Å². The fourth-order valence-electron chi connectivity index (χ4n) is 1.89. The number of likely N-dealkylation sites (tertiary alicyclic amines) is 1. The fraction of sp³-hybridized carbons (Fsp3) is 0.727. The molecule has 1 aliphatic heterocycles. The van der Waals surface area contributed by atoms with E-state index in [1.807, 2.05) is 13.8 Å². The van der Waals surface area contributed by atoms with Gasteiger partial charge in [0.25, 0.3) is 0 Å². The first kappa shape index (κ1) is 13.6. The Morgan fingerprint density at radius 3 is 2.47 bits per heavy atom. The van der Waals surface area contributed by atoms with Gasteiger partial charge in [-0.15, -0.1) is 0 Å². The van der Waals surface area contributed by atoms with Crippen molar-refractivity contribution >= 4 is 17.8 Å². The molecule has 0 aromatic carbocycles. The zero-order valence-corrected chi connectivity index (χ0v) is 10.3. The van der Waals surface area contributed by atoms with E-state index >= 15 is 0 Å². The molecule has 0 unspecified atom stereocenters. The van der Waals surface area contributed by atoms with Crippen molar-refractivity contribution < 1.29 is 19.1 Å². The number of hydrogen-bond donors (Lipinski definition) is 1. The van der Waals surface area contributed by atoms with Crippen molar-refractivity contribution in [3.8, 4) is 0 Å². The Balaban J connectivity index is 2.93. The number of carbonyl (C=O) groups is 3. The van der Waals surface area contributed by atoms with Crippen LogP contribution >= 0.6 is 0 Å².